The number of thiazole rings is 1. The third-order valence-corrected chi connectivity index (χ3v) is 4.62. The normalized spacial score (nSPS) is 23.1. The lowest BCUT2D eigenvalue weighted by atomic mass is 9.86. The van der Waals surface area contributed by atoms with Crippen LogP contribution in [-0.2, 0) is 0 Å². The summed E-state index contributed by atoms with van der Waals surface area (Å²) in [5.74, 6) is 1.89. The molecule has 0 radical (unpaired) electrons. The van der Waals surface area contributed by atoms with Gasteiger partial charge in [0.25, 0.3) is 0 Å². The van der Waals surface area contributed by atoms with Crippen LogP contribution in [0, 0.1) is 0 Å². The molecule has 0 bridgehead atoms. The standard InChI is InChI=1S/C14H20N4OS/c1-2-7-16-11-5-3-10(4-6-11)14-17-13(18-19-14)12-8-15-9-20-12/h8-11,16H,2-7H2,1H3. The Hall–Kier alpha value is -1.27. The Bertz CT molecular complexity index is 517. The van der Waals surface area contributed by atoms with E-state index >= 15 is 0 Å². The van der Waals surface area contributed by atoms with E-state index in [9.17, 15) is 0 Å². The summed E-state index contributed by atoms with van der Waals surface area (Å²) in [5.41, 5.74) is 1.79. The molecule has 6 heteroatoms. The van der Waals surface area contributed by atoms with E-state index in [0.717, 1.165) is 30.2 Å². The fraction of sp³-hybridized carbons (Fsp3) is 0.643. The fourth-order valence-electron chi connectivity index (χ4n) is 2.72. The Morgan fingerprint density at radius 3 is 2.90 bits per heavy atom. The molecule has 2 heterocycles. The Balaban J connectivity index is 1.58. The Morgan fingerprint density at radius 1 is 1.35 bits per heavy atom. The second kappa shape index (κ2) is 6.45. The predicted octanol–water partition coefficient (Wildman–Crippen LogP) is 3.22. The summed E-state index contributed by atoms with van der Waals surface area (Å²) >= 11 is 1.54. The lowest BCUT2D eigenvalue weighted by Gasteiger charge is -2.27. The van der Waals surface area contributed by atoms with Crippen LogP contribution in [0.1, 0.15) is 50.8 Å². The first-order valence-electron chi connectivity index (χ1n) is 7.32. The lowest BCUT2D eigenvalue weighted by molar-refractivity contribution is 0.283. The monoisotopic (exact) mass is 292 g/mol. The average molecular weight is 292 g/mol. The van der Waals surface area contributed by atoms with Gasteiger partial charge in [-0.25, -0.2) is 0 Å². The molecule has 1 fully saturated rings. The Morgan fingerprint density at radius 2 is 2.20 bits per heavy atom. The predicted molar refractivity (Wildman–Crippen MR) is 78.7 cm³/mol. The minimum atomic E-state index is 0.420. The first kappa shape index (κ1) is 13.7. The maximum atomic E-state index is 5.44. The summed E-state index contributed by atoms with van der Waals surface area (Å²) in [5, 5.41) is 7.67. The summed E-state index contributed by atoms with van der Waals surface area (Å²) < 4.78 is 5.44. The van der Waals surface area contributed by atoms with Gasteiger partial charge in [-0.3, -0.25) is 4.98 Å². The van der Waals surface area contributed by atoms with Crippen LogP contribution in [0.15, 0.2) is 16.2 Å². The van der Waals surface area contributed by atoms with E-state index < -0.39 is 0 Å². The maximum absolute atomic E-state index is 5.44. The van der Waals surface area contributed by atoms with E-state index in [1.54, 1.807) is 11.7 Å². The van der Waals surface area contributed by atoms with Crippen molar-refractivity contribution < 1.29 is 4.52 Å². The highest BCUT2D eigenvalue weighted by Gasteiger charge is 2.26. The van der Waals surface area contributed by atoms with Crippen LogP contribution in [0.4, 0.5) is 0 Å². The second-order valence-electron chi connectivity index (χ2n) is 5.32. The topological polar surface area (TPSA) is 63.8 Å². The van der Waals surface area contributed by atoms with Gasteiger partial charge in [-0.15, -0.1) is 11.3 Å². The molecule has 1 aliphatic carbocycles. The number of hydrogen-bond donors (Lipinski definition) is 1. The molecular weight excluding hydrogens is 272 g/mol. The van der Waals surface area contributed by atoms with Crippen molar-refractivity contribution in [2.75, 3.05) is 6.54 Å². The molecule has 5 nitrogen and oxygen atoms in total. The molecule has 0 atom stereocenters. The van der Waals surface area contributed by atoms with Crippen LogP contribution in [0.5, 0.6) is 0 Å². The third kappa shape index (κ3) is 3.07. The Labute approximate surface area is 122 Å². The molecule has 108 valence electrons. The second-order valence-corrected chi connectivity index (χ2v) is 6.21. The van der Waals surface area contributed by atoms with Gasteiger partial charge in [0, 0.05) is 18.2 Å². The number of nitrogens with zero attached hydrogens (tertiary/aromatic N) is 3. The molecule has 1 aliphatic rings. The van der Waals surface area contributed by atoms with E-state index in [4.69, 9.17) is 4.52 Å². The van der Waals surface area contributed by atoms with Crippen molar-refractivity contribution in [2.24, 2.45) is 0 Å². The molecule has 0 unspecified atom stereocenters. The molecule has 1 saturated carbocycles. The van der Waals surface area contributed by atoms with Gasteiger partial charge in [0.15, 0.2) is 0 Å². The molecule has 0 saturated heterocycles. The molecular formula is C14H20N4OS. The quantitative estimate of drug-likeness (QED) is 0.916. The van der Waals surface area contributed by atoms with Crippen molar-refractivity contribution in [1.82, 2.24) is 20.4 Å². The van der Waals surface area contributed by atoms with Gasteiger partial charge in [-0.2, -0.15) is 4.98 Å². The maximum Gasteiger partial charge on any atom is 0.230 e. The number of nitrogens with one attached hydrogen (secondary N) is 1. The minimum Gasteiger partial charge on any atom is -0.339 e. The first-order valence-corrected chi connectivity index (χ1v) is 8.20. The van der Waals surface area contributed by atoms with Gasteiger partial charge in [0.05, 0.1) is 10.4 Å². The molecule has 0 amide bonds. The van der Waals surface area contributed by atoms with Crippen molar-refractivity contribution in [2.45, 2.75) is 51.0 Å². The lowest BCUT2D eigenvalue weighted by Crippen LogP contribution is -2.33. The third-order valence-electron chi connectivity index (χ3n) is 3.85. The molecule has 3 rings (SSSR count). The average Bonchev–Trinajstić information content (AvgIpc) is 3.16. The van der Waals surface area contributed by atoms with Gasteiger partial charge in [-0.05, 0) is 38.6 Å². The van der Waals surface area contributed by atoms with Gasteiger partial charge in [0.2, 0.25) is 11.7 Å². The van der Waals surface area contributed by atoms with Gasteiger partial charge in [0.1, 0.15) is 0 Å². The van der Waals surface area contributed by atoms with E-state index in [0.29, 0.717) is 17.8 Å². The zero-order valence-corrected chi connectivity index (χ0v) is 12.5. The van der Waals surface area contributed by atoms with Crippen molar-refractivity contribution in [1.29, 1.82) is 0 Å². The van der Waals surface area contributed by atoms with Gasteiger partial charge >= 0.3 is 0 Å². The van der Waals surface area contributed by atoms with Crippen molar-refractivity contribution in [3.8, 4) is 10.7 Å². The highest BCUT2D eigenvalue weighted by Crippen LogP contribution is 2.33. The van der Waals surface area contributed by atoms with Crippen molar-refractivity contribution >= 4 is 11.3 Å². The highest BCUT2D eigenvalue weighted by atomic mass is 32.1. The summed E-state index contributed by atoms with van der Waals surface area (Å²) in [7, 11) is 0. The molecule has 0 aliphatic heterocycles. The molecule has 2 aromatic heterocycles. The summed E-state index contributed by atoms with van der Waals surface area (Å²) in [6, 6.07) is 0.662. The van der Waals surface area contributed by atoms with E-state index in [2.05, 4.69) is 27.4 Å². The minimum absolute atomic E-state index is 0.420. The zero-order chi connectivity index (χ0) is 13.8. The van der Waals surface area contributed by atoms with E-state index in [1.165, 1.54) is 30.6 Å². The van der Waals surface area contributed by atoms with Gasteiger partial charge in [-0.1, -0.05) is 12.1 Å². The summed E-state index contributed by atoms with van der Waals surface area (Å²) in [6.07, 6.45) is 7.63. The zero-order valence-electron chi connectivity index (χ0n) is 11.7. The highest BCUT2D eigenvalue weighted by molar-refractivity contribution is 7.13. The first-order chi connectivity index (χ1) is 9.86. The molecule has 0 spiro atoms. The van der Waals surface area contributed by atoms with Crippen LogP contribution in [0.25, 0.3) is 10.7 Å². The summed E-state index contributed by atoms with van der Waals surface area (Å²) in [6.45, 7) is 3.32. The molecule has 0 aromatic carbocycles. The number of hydrogen-bond acceptors (Lipinski definition) is 6. The smallest absolute Gasteiger partial charge is 0.230 e. The molecule has 2 aromatic rings. The molecule has 1 N–H and O–H groups in total. The SMILES string of the molecule is CCCNC1CCC(c2nc(-c3cncs3)no2)CC1. The number of aromatic nitrogens is 3. The van der Waals surface area contributed by atoms with E-state index in [-0.39, 0.29) is 0 Å². The van der Waals surface area contributed by atoms with Crippen LogP contribution in [0.2, 0.25) is 0 Å². The van der Waals surface area contributed by atoms with Crippen LogP contribution in [-0.4, -0.2) is 27.7 Å². The summed E-state index contributed by atoms with van der Waals surface area (Å²) in [4.78, 5) is 9.55. The van der Waals surface area contributed by atoms with Gasteiger partial charge < -0.3 is 9.84 Å². The van der Waals surface area contributed by atoms with Crippen LogP contribution < -0.4 is 5.32 Å². The van der Waals surface area contributed by atoms with E-state index in [1.807, 2.05) is 0 Å². The Kier molecular flexibility index (Phi) is 4.42. The fourth-order valence-corrected chi connectivity index (χ4v) is 3.27. The van der Waals surface area contributed by atoms with Crippen LogP contribution >= 0.6 is 11.3 Å². The van der Waals surface area contributed by atoms with Crippen molar-refractivity contribution in [3.05, 3.63) is 17.6 Å². The van der Waals surface area contributed by atoms with Crippen molar-refractivity contribution in [3.63, 3.8) is 0 Å². The van der Waals surface area contributed by atoms with Crippen LogP contribution in [0.3, 0.4) is 0 Å². The number of rotatable bonds is 5. The largest absolute Gasteiger partial charge is 0.339 e. The molecule has 20 heavy (non-hydrogen) atoms.